The highest BCUT2D eigenvalue weighted by atomic mass is 16.5. The molecule has 2 atom stereocenters. The molecule has 0 aromatic heterocycles. The summed E-state index contributed by atoms with van der Waals surface area (Å²) in [6.45, 7) is 5.31. The van der Waals surface area contributed by atoms with Gasteiger partial charge < -0.3 is 9.47 Å². The molecule has 5 rings (SSSR count). The van der Waals surface area contributed by atoms with Crippen LogP contribution in [0.25, 0.3) is 11.1 Å². The predicted molar refractivity (Wildman–Crippen MR) is 148 cm³/mol. The molecule has 0 spiro atoms. The molecule has 0 radical (unpaired) electrons. The number of hydrogen-bond donors (Lipinski definition) is 0. The summed E-state index contributed by atoms with van der Waals surface area (Å²) in [5, 5.41) is 7.24. The zero-order valence-corrected chi connectivity index (χ0v) is 20.9. The smallest absolute Gasteiger partial charge is 0.119 e. The number of benzene rings is 4. The third-order valence-corrected chi connectivity index (χ3v) is 6.42. The first kappa shape index (κ1) is 23.8. The van der Waals surface area contributed by atoms with Crippen molar-refractivity contribution in [3.8, 4) is 16.9 Å². The van der Waals surface area contributed by atoms with Crippen LogP contribution < -0.4 is 9.75 Å². The molecule has 36 heavy (non-hydrogen) atoms. The molecule has 182 valence electrons. The molecule has 2 unspecified atom stereocenters. The van der Waals surface area contributed by atoms with Crippen molar-refractivity contribution in [3.05, 3.63) is 120 Å². The molecule has 4 aromatic carbocycles. The SMILES string of the molecule is CCOCC(C)Oc1ccc(C2CC(c3ccc(-c4ccccc4)cc3)=NN2c2ccccc2)cc1. The summed E-state index contributed by atoms with van der Waals surface area (Å²) in [6.07, 6.45) is 0.845. The van der Waals surface area contributed by atoms with Crippen LogP contribution >= 0.6 is 0 Å². The Morgan fingerprint density at radius 3 is 2.06 bits per heavy atom. The van der Waals surface area contributed by atoms with Crippen molar-refractivity contribution in [1.82, 2.24) is 0 Å². The Labute approximate surface area is 213 Å². The van der Waals surface area contributed by atoms with E-state index in [2.05, 4.69) is 89.9 Å². The van der Waals surface area contributed by atoms with Gasteiger partial charge in [-0.25, -0.2) is 0 Å². The highest BCUT2D eigenvalue weighted by Crippen LogP contribution is 2.37. The highest BCUT2D eigenvalue weighted by Gasteiger charge is 2.30. The molecule has 1 aliphatic heterocycles. The van der Waals surface area contributed by atoms with Crippen molar-refractivity contribution in [2.45, 2.75) is 32.4 Å². The average Bonchev–Trinajstić information content (AvgIpc) is 3.39. The van der Waals surface area contributed by atoms with Crippen molar-refractivity contribution in [3.63, 3.8) is 0 Å². The van der Waals surface area contributed by atoms with Crippen LogP contribution in [0.5, 0.6) is 5.75 Å². The summed E-state index contributed by atoms with van der Waals surface area (Å²) in [7, 11) is 0. The Kier molecular flexibility index (Phi) is 7.44. The van der Waals surface area contributed by atoms with Gasteiger partial charge in [0.2, 0.25) is 0 Å². The number of hydrogen-bond acceptors (Lipinski definition) is 4. The molecular formula is C32H32N2O2. The van der Waals surface area contributed by atoms with E-state index in [9.17, 15) is 0 Å². The van der Waals surface area contributed by atoms with E-state index in [1.54, 1.807) is 0 Å². The first-order valence-corrected chi connectivity index (χ1v) is 12.6. The molecule has 4 nitrogen and oxygen atoms in total. The van der Waals surface area contributed by atoms with E-state index in [1.807, 2.05) is 38.1 Å². The standard InChI is InChI=1S/C32H32N2O2/c1-3-35-23-24(2)36-30-20-18-28(19-21-30)32-22-31(33-34(32)29-12-8-5-9-13-29)27-16-14-26(15-17-27)25-10-6-4-7-11-25/h4-21,24,32H,3,22-23H2,1-2H3. The Morgan fingerprint density at radius 1 is 0.778 bits per heavy atom. The minimum absolute atomic E-state index is 0.0110. The van der Waals surface area contributed by atoms with Crippen LogP contribution in [0.3, 0.4) is 0 Å². The molecule has 1 aliphatic rings. The van der Waals surface area contributed by atoms with Gasteiger partial charge in [0, 0.05) is 13.0 Å². The maximum absolute atomic E-state index is 6.02. The van der Waals surface area contributed by atoms with E-state index < -0.39 is 0 Å². The number of ether oxygens (including phenoxy) is 2. The van der Waals surface area contributed by atoms with Crippen LogP contribution in [0.15, 0.2) is 114 Å². The summed E-state index contributed by atoms with van der Waals surface area (Å²) in [4.78, 5) is 0. The number of rotatable bonds is 9. The van der Waals surface area contributed by atoms with Gasteiger partial charge in [0.1, 0.15) is 11.9 Å². The van der Waals surface area contributed by atoms with E-state index in [-0.39, 0.29) is 12.1 Å². The third-order valence-electron chi connectivity index (χ3n) is 6.42. The van der Waals surface area contributed by atoms with E-state index in [1.165, 1.54) is 16.7 Å². The first-order chi connectivity index (χ1) is 17.7. The van der Waals surface area contributed by atoms with Crippen LogP contribution in [0.1, 0.15) is 37.4 Å². The molecule has 0 amide bonds. The summed E-state index contributed by atoms with van der Waals surface area (Å²) in [5.74, 6) is 0.854. The van der Waals surface area contributed by atoms with E-state index in [4.69, 9.17) is 14.6 Å². The number of hydrazone groups is 1. The maximum Gasteiger partial charge on any atom is 0.119 e. The second-order valence-electron chi connectivity index (χ2n) is 9.05. The topological polar surface area (TPSA) is 34.1 Å². The van der Waals surface area contributed by atoms with Crippen molar-refractivity contribution in [2.75, 3.05) is 18.2 Å². The Morgan fingerprint density at radius 2 is 1.39 bits per heavy atom. The zero-order chi connectivity index (χ0) is 24.7. The van der Waals surface area contributed by atoms with Gasteiger partial charge >= 0.3 is 0 Å². The lowest BCUT2D eigenvalue weighted by atomic mass is 9.96. The molecule has 0 N–H and O–H groups in total. The fraction of sp³-hybridized carbons (Fsp3) is 0.219. The summed E-state index contributed by atoms with van der Waals surface area (Å²) in [5.41, 5.74) is 6.98. The first-order valence-electron chi connectivity index (χ1n) is 12.6. The van der Waals surface area contributed by atoms with E-state index in [0.717, 1.165) is 29.1 Å². The maximum atomic E-state index is 6.02. The van der Waals surface area contributed by atoms with Gasteiger partial charge in [-0.2, -0.15) is 5.10 Å². The van der Waals surface area contributed by atoms with Crippen molar-refractivity contribution in [1.29, 1.82) is 0 Å². The Balaban J connectivity index is 1.38. The van der Waals surface area contributed by atoms with Crippen molar-refractivity contribution >= 4 is 11.4 Å². The highest BCUT2D eigenvalue weighted by molar-refractivity contribution is 6.03. The molecule has 0 fully saturated rings. The number of para-hydroxylation sites is 1. The van der Waals surface area contributed by atoms with Crippen LogP contribution in [0.4, 0.5) is 5.69 Å². The monoisotopic (exact) mass is 476 g/mol. The zero-order valence-electron chi connectivity index (χ0n) is 20.9. The number of nitrogens with zero attached hydrogens (tertiary/aromatic N) is 2. The molecule has 4 heteroatoms. The quantitative estimate of drug-likeness (QED) is 0.251. The summed E-state index contributed by atoms with van der Waals surface area (Å²) < 4.78 is 11.5. The van der Waals surface area contributed by atoms with E-state index >= 15 is 0 Å². The molecular weight excluding hydrogens is 444 g/mol. The van der Waals surface area contributed by atoms with Crippen LogP contribution in [-0.2, 0) is 4.74 Å². The second-order valence-corrected chi connectivity index (χ2v) is 9.05. The van der Waals surface area contributed by atoms with Crippen LogP contribution in [-0.4, -0.2) is 25.0 Å². The van der Waals surface area contributed by atoms with Crippen molar-refractivity contribution in [2.24, 2.45) is 5.10 Å². The van der Waals surface area contributed by atoms with Gasteiger partial charge in [-0.3, -0.25) is 5.01 Å². The largest absolute Gasteiger partial charge is 0.488 e. The lowest BCUT2D eigenvalue weighted by molar-refractivity contribution is 0.0657. The Bertz CT molecular complexity index is 1270. The lowest BCUT2D eigenvalue weighted by Gasteiger charge is -2.24. The van der Waals surface area contributed by atoms with Gasteiger partial charge in [0.05, 0.1) is 24.0 Å². The average molecular weight is 477 g/mol. The molecule has 1 heterocycles. The van der Waals surface area contributed by atoms with Gasteiger partial charge in [-0.1, -0.05) is 84.9 Å². The van der Waals surface area contributed by atoms with E-state index in [0.29, 0.717) is 13.2 Å². The Hall–Kier alpha value is -3.89. The van der Waals surface area contributed by atoms with Crippen molar-refractivity contribution < 1.29 is 9.47 Å². The molecule has 4 aromatic rings. The predicted octanol–water partition coefficient (Wildman–Crippen LogP) is 7.51. The van der Waals surface area contributed by atoms with Crippen LogP contribution in [0, 0.1) is 0 Å². The normalized spacial score (nSPS) is 16.0. The van der Waals surface area contributed by atoms with Gasteiger partial charge in [-0.05, 0) is 60.4 Å². The van der Waals surface area contributed by atoms with Crippen LogP contribution in [0.2, 0.25) is 0 Å². The summed E-state index contributed by atoms with van der Waals surface area (Å²) >= 11 is 0. The molecule has 0 saturated carbocycles. The minimum Gasteiger partial charge on any atom is -0.488 e. The van der Waals surface area contributed by atoms with Gasteiger partial charge in [-0.15, -0.1) is 0 Å². The number of anilines is 1. The molecule has 0 saturated heterocycles. The summed E-state index contributed by atoms with van der Waals surface area (Å²) in [6, 6.07) is 38.1. The molecule has 0 bridgehead atoms. The van der Waals surface area contributed by atoms with Gasteiger partial charge in [0.25, 0.3) is 0 Å². The second kappa shape index (κ2) is 11.2. The lowest BCUT2D eigenvalue weighted by Crippen LogP contribution is -2.20. The fourth-order valence-electron chi connectivity index (χ4n) is 4.57. The molecule has 0 aliphatic carbocycles. The minimum atomic E-state index is 0.0110. The third kappa shape index (κ3) is 5.50. The fourth-order valence-corrected chi connectivity index (χ4v) is 4.57. The van der Waals surface area contributed by atoms with Gasteiger partial charge in [0.15, 0.2) is 0 Å².